The van der Waals surface area contributed by atoms with E-state index < -0.39 is 6.10 Å². The minimum atomic E-state index is -0.710. The van der Waals surface area contributed by atoms with Crippen molar-refractivity contribution in [2.45, 2.75) is 26.0 Å². The van der Waals surface area contributed by atoms with Crippen molar-refractivity contribution in [3.8, 4) is 5.75 Å². The highest BCUT2D eigenvalue weighted by Gasteiger charge is 2.08. The summed E-state index contributed by atoms with van der Waals surface area (Å²) < 4.78 is 5.40. The lowest BCUT2D eigenvalue weighted by Gasteiger charge is -2.14. The van der Waals surface area contributed by atoms with Crippen LogP contribution in [0.5, 0.6) is 5.75 Å². The van der Waals surface area contributed by atoms with Gasteiger partial charge in [-0.15, -0.1) is 0 Å². The van der Waals surface area contributed by atoms with Gasteiger partial charge >= 0.3 is 0 Å². The van der Waals surface area contributed by atoms with Gasteiger partial charge in [-0.1, -0.05) is 23.7 Å². The summed E-state index contributed by atoms with van der Waals surface area (Å²) >= 11 is 5.93. The first kappa shape index (κ1) is 16.8. The van der Waals surface area contributed by atoms with Crippen LogP contribution < -0.4 is 15.4 Å². The predicted octanol–water partition coefficient (Wildman–Crippen LogP) is 1.19. The van der Waals surface area contributed by atoms with Crippen LogP contribution in [0.2, 0.25) is 5.02 Å². The quantitative estimate of drug-likeness (QED) is 0.674. The molecule has 0 aliphatic carbocycles. The molecular weight excluding hydrogens is 280 g/mol. The Hall–Kier alpha value is -1.30. The minimum Gasteiger partial charge on any atom is -0.489 e. The molecular formula is C14H21ClN2O3. The molecule has 0 fully saturated rings. The van der Waals surface area contributed by atoms with E-state index in [1.54, 1.807) is 18.2 Å². The number of nitrogens with one attached hydrogen (secondary N) is 2. The highest BCUT2D eigenvalue weighted by atomic mass is 35.5. The van der Waals surface area contributed by atoms with Crippen molar-refractivity contribution in [1.82, 2.24) is 10.6 Å². The third-order valence-corrected chi connectivity index (χ3v) is 2.70. The lowest BCUT2D eigenvalue weighted by molar-refractivity contribution is -0.120. The van der Waals surface area contributed by atoms with Crippen LogP contribution in [0.3, 0.4) is 0 Å². The molecule has 6 heteroatoms. The van der Waals surface area contributed by atoms with Crippen molar-refractivity contribution in [3.63, 3.8) is 0 Å². The second-order valence-corrected chi connectivity index (χ2v) is 5.16. The van der Waals surface area contributed by atoms with Crippen LogP contribution in [0.15, 0.2) is 24.3 Å². The van der Waals surface area contributed by atoms with E-state index in [1.165, 1.54) is 0 Å². The first-order chi connectivity index (χ1) is 9.49. The van der Waals surface area contributed by atoms with Gasteiger partial charge in [0.05, 0.1) is 11.6 Å². The molecule has 1 aromatic carbocycles. The van der Waals surface area contributed by atoms with Crippen LogP contribution in [0.25, 0.3) is 0 Å². The molecule has 1 amide bonds. The summed E-state index contributed by atoms with van der Waals surface area (Å²) in [5, 5.41) is 15.9. The zero-order chi connectivity index (χ0) is 15.0. The van der Waals surface area contributed by atoms with Crippen molar-refractivity contribution >= 4 is 17.5 Å². The fourth-order valence-corrected chi connectivity index (χ4v) is 1.72. The molecule has 20 heavy (non-hydrogen) atoms. The lowest BCUT2D eigenvalue weighted by atomic mass is 10.3. The van der Waals surface area contributed by atoms with Gasteiger partial charge in [-0.2, -0.15) is 0 Å². The van der Waals surface area contributed by atoms with Crippen LogP contribution in [0.4, 0.5) is 0 Å². The molecule has 5 nitrogen and oxygen atoms in total. The molecule has 0 heterocycles. The second kappa shape index (κ2) is 8.79. The van der Waals surface area contributed by atoms with E-state index in [0.29, 0.717) is 10.8 Å². The number of halogens is 1. The SMILES string of the molecule is CC(C)NC(=O)CNCC(O)COc1ccccc1Cl. The number of carbonyl (C=O) groups is 1. The maximum atomic E-state index is 11.4. The van der Waals surface area contributed by atoms with E-state index in [2.05, 4.69) is 10.6 Å². The Balaban J connectivity index is 2.19. The average molecular weight is 301 g/mol. The zero-order valence-electron chi connectivity index (χ0n) is 11.7. The number of amides is 1. The van der Waals surface area contributed by atoms with E-state index in [-0.39, 0.29) is 31.6 Å². The Morgan fingerprint density at radius 2 is 2.10 bits per heavy atom. The van der Waals surface area contributed by atoms with E-state index in [0.717, 1.165) is 0 Å². The average Bonchev–Trinajstić information content (AvgIpc) is 2.37. The van der Waals surface area contributed by atoms with Crippen molar-refractivity contribution in [2.75, 3.05) is 19.7 Å². The minimum absolute atomic E-state index is 0.0979. The van der Waals surface area contributed by atoms with Crippen LogP contribution in [0.1, 0.15) is 13.8 Å². The highest BCUT2D eigenvalue weighted by molar-refractivity contribution is 6.32. The molecule has 1 atom stereocenters. The normalized spacial score (nSPS) is 12.2. The van der Waals surface area contributed by atoms with Gasteiger partial charge in [0.2, 0.25) is 5.91 Å². The van der Waals surface area contributed by atoms with Gasteiger partial charge in [0, 0.05) is 12.6 Å². The van der Waals surface area contributed by atoms with Crippen molar-refractivity contribution in [2.24, 2.45) is 0 Å². The number of para-hydroxylation sites is 1. The smallest absolute Gasteiger partial charge is 0.234 e. The van der Waals surface area contributed by atoms with E-state index in [1.807, 2.05) is 19.9 Å². The van der Waals surface area contributed by atoms with Crippen molar-refractivity contribution in [3.05, 3.63) is 29.3 Å². The Labute approximate surface area is 124 Å². The Morgan fingerprint density at radius 1 is 1.40 bits per heavy atom. The van der Waals surface area contributed by atoms with Crippen LogP contribution in [0, 0.1) is 0 Å². The molecule has 1 rings (SSSR count). The summed E-state index contributed by atoms with van der Waals surface area (Å²) in [6.45, 7) is 4.34. The Bertz CT molecular complexity index is 427. The largest absolute Gasteiger partial charge is 0.489 e. The maximum Gasteiger partial charge on any atom is 0.234 e. The van der Waals surface area contributed by atoms with Gasteiger partial charge in [-0.25, -0.2) is 0 Å². The van der Waals surface area contributed by atoms with Crippen LogP contribution in [-0.4, -0.2) is 42.9 Å². The third kappa shape index (κ3) is 6.75. The van der Waals surface area contributed by atoms with Gasteiger partial charge < -0.3 is 20.5 Å². The number of hydrogen-bond donors (Lipinski definition) is 3. The molecule has 0 saturated carbocycles. The Kier molecular flexibility index (Phi) is 7.36. The van der Waals surface area contributed by atoms with Crippen molar-refractivity contribution < 1.29 is 14.6 Å². The van der Waals surface area contributed by atoms with E-state index >= 15 is 0 Å². The topological polar surface area (TPSA) is 70.6 Å². The lowest BCUT2D eigenvalue weighted by Crippen LogP contribution is -2.41. The number of ether oxygens (including phenoxy) is 1. The number of carbonyl (C=O) groups excluding carboxylic acids is 1. The number of aliphatic hydroxyl groups is 1. The molecule has 3 N–H and O–H groups in total. The molecule has 0 spiro atoms. The van der Waals surface area contributed by atoms with Gasteiger partial charge in [0.15, 0.2) is 0 Å². The zero-order valence-corrected chi connectivity index (χ0v) is 12.5. The van der Waals surface area contributed by atoms with Gasteiger partial charge in [0.25, 0.3) is 0 Å². The number of hydrogen-bond acceptors (Lipinski definition) is 4. The summed E-state index contributed by atoms with van der Waals surface area (Å²) in [6, 6.07) is 7.18. The summed E-state index contributed by atoms with van der Waals surface area (Å²) in [7, 11) is 0. The molecule has 0 aliphatic rings. The maximum absolute atomic E-state index is 11.4. The molecule has 112 valence electrons. The van der Waals surface area contributed by atoms with Gasteiger partial charge in [-0.05, 0) is 26.0 Å². The molecule has 1 unspecified atom stereocenters. The van der Waals surface area contributed by atoms with Gasteiger partial charge in [-0.3, -0.25) is 4.79 Å². The van der Waals surface area contributed by atoms with E-state index in [9.17, 15) is 9.90 Å². The molecule has 1 aromatic rings. The fraction of sp³-hybridized carbons (Fsp3) is 0.500. The molecule has 0 aliphatic heterocycles. The second-order valence-electron chi connectivity index (χ2n) is 4.75. The fourth-order valence-electron chi connectivity index (χ4n) is 1.53. The first-order valence-electron chi connectivity index (χ1n) is 6.54. The van der Waals surface area contributed by atoms with Crippen LogP contribution in [-0.2, 0) is 4.79 Å². The monoisotopic (exact) mass is 300 g/mol. The highest BCUT2D eigenvalue weighted by Crippen LogP contribution is 2.22. The van der Waals surface area contributed by atoms with Crippen LogP contribution >= 0.6 is 11.6 Å². The van der Waals surface area contributed by atoms with E-state index in [4.69, 9.17) is 16.3 Å². The molecule has 0 saturated heterocycles. The number of benzene rings is 1. The standard InChI is InChI=1S/C14H21ClN2O3/c1-10(2)17-14(19)8-16-7-11(18)9-20-13-6-4-3-5-12(13)15/h3-6,10-11,16,18H,7-9H2,1-2H3,(H,17,19). The summed E-state index contributed by atoms with van der Waals surface area (Å²) in [4.78, 5) is 11.4. The molecule has 0 aromatic heterocycles. The third-order valence-electron chi connectivity index (χ3n) is 2.38. The number of aliphatic hydroxyl groups excluding tert-OH is 1. The summed E-state index contributed by atoms with van der Waals surface area (Å²) in [6.07, 6.45) is -0.710. The summed E-state index contributed by atoms with van der Waals surface area (Å²) in [5.41, 5.74) is 0. The Morgan fingerprint density at radius 3 is 2.75 bits per heavy atom. The predicted molar refractivity (Wildman–Crippen MR) is 79.1 cm³/mol. The number of rotatable bonds is 8. The van der Waals surface area contributed by atoms with Crippen molar-refractivity contribution in [1.29, 1.82) is 0 Å². The summed E-state index contributed by atoms with van der Waals surface area (Å²) in [5.74, 6) is 0.435. The molecule has 0 radical (unpaired) electrons. The molecule has 0 bridgehead atoms. The van der Waals surface area contributed by atoms with Gasteiger partial charge in [0.1, 0.15) is 18.5 Å². The first-order valence-corrected chi connectivity index (χ1v) is 6.92.